The van der Waals surface area contributed by atoms with Gasteiger partial charge in [0.15, 0.2) is 5.12 Å². The van der Waals surface area contributed by atoms with Crippen LogP contribution in [0.4, 0.5) is 0 Å². The quantitative estimate of drug-likeness (QED) is 0.492. The fourth-order valence-corrected chi connectivity index (χ4v) is 0. The molecule has 0 aliphatic rings. The van der Waals surface area contributed by atoms with Crippen LogP contribution in [0.1, 0.15) is 6.92 Å². The number of carbonyl (C=O) groups is 1. The Kier molecular flexibility index (Phi) is 9.23. The van der Waals surface area contributed by atoms with Crippen molar-refractivity contribution >= 4 is 45.0 Å². The van der Waals surface area contributed by atoms with Gasteiger partial charge in [-0.15, -0.1) is 12.6 Å². The van der Waals surface area contributed by atoms with Gasteiger partial charge in [-0.3, -0.25) is 4.79 Å². The van der Waals surface area contributed by atoms with Crippen molar-refractivity contribution in [1.29, 1.82) is 0 Å². The molecule has 3 heteroatoms. The molecule has 28 valence electrons. The molecule has 0 spiro atoms. The molecule has 0 amide bonds. The van der Waals surface area contributed by atoms with Crippen molar-refractivity contribution in [1.82, 2.24) is 0 Å². The molecule has 0 aromatic heterocycles. The van der Waals surface area contributed by atoms with Gasteiger partial charge in [0, 0.05) is 34.2 Å². The second-order valence-electron chi connectivity index (χ2n) is 0.519. The number of rotatable bonds is 0. The summed E-state index contributed by atoms with van der Waals surface area (Å²) in [6, 6.07) is 0. The molecule has 1 nitrogen and oxygen atoms in total. The van der Waals surface area contributed by atoms with E-state index < -0.39 is 0 Å². The van der Waals surface area contributed by atoms with E-state index in [1.807, 2.05) is 0 Å². The Labute approximate surface area is 56.7 Å². The standard InChI is InChI=1S/C2H4OS.Pb/c1-2(3)4;/h1H3,(H,3,4);. The minimum atomic E-state index is -0.139. The summed E-state index contributed by atoms with van der Waals surface area (Å²) in [7, 11) is 0. The third-order valence-electron chi connectivity index (χ3n) is 0. The number of thiol groups is 1. The normalized spacial score (nSPS) is 5.20. The third kappa shape index (κ3) is 48.2. The number of carbonyl (C=O) groups excluding carboxylic acids is 1. The largest absolute Gasteiger partial charge is 0.288 e. The molecule has 0 aromatic rings. The maximum absolute atomic E-state index is 9.31. The predicted molar refractivity (Wildman–Crippen MR) is 25.4 cm³/mol. The summed E-state index contributed by atoms with van der Waals surface area (Å²) in [6.45, 7) is 1.39. The fraction of sp³-hybridized carbons (Fsp3) is 0.500. The first kappa shape index (κ1) is 9.34. The van der Waals surface area contributed by atoms with Crippen LogP contribution < -0.4 is 0 Å². The summed E-state index contributed by atoms with van der Waals surface area (Å²) >= 11 is 3.33. The van der Waals surface area contributed by atoms with Crippen LogP contribution in [-0.2, 0) is 4.79 Å². The van der Waals surface area contributed by atoms with E-state index in [1.165, 1.54) is 6.92 Å². The summed E-state index contributed by atoms with van der Waals surface area (Å²) in [5, 5.41) is -0.139. The summed E-state index contributed by atoms with van der Waals surface area (Å²) in [4.78, 5) is 9.31. The molecule has 0 aliphatic heterocycles. The summed E-state index contributed by atoms with van der Waals surface area (Å²) in [5.41, 5.74) is 0. The second-order valence-corrected chi connectivity index (χ2v) is 1.15. The minimum absolute atomic E-state index is 0. The Hall–Kier alpha value is 0.942. The molecule has 0 saturated heterocycles. The molecule has 0 N–H and O–H groups in total. The fourth-order valence-electron chi connectivity index (χ4n) is 0. The van der Waals surface area contributed by atoms with E-state index >= 15 is 0 Å². The smallest absolute Gasteiger partial charge is 0.182 e. The van der Waals surface area contributed by atoms with Crippen LogP contribution in [0.3, 0.4) is 0 Å². The van der Waals surface area contributed by atoms with E-state index in [9.17, 15) is 4.79 Å². The molecule has 0 bridgehead atoms. The third-order valence-corrected chi connectivity index (χ3v) is 0. The van der Waals surface area contributed by atoms with Gasteiger partial charge in [0.05, 0.1) is 0 Å². The van der Waals surface area contributed by atoms with Crippen molar-refractivity contribution in [2.75, 3.05) is 0 Å². The second kappa shape index (κ2) is 4.94. The Morgan fingerprint density at radius 2 is 1.80 bits per heavy atom. The Balaban J connectivity index is 0. The van der Waals surface area contributed by atoms with Gasteiger partial charge in [0.2, 0.25) is 0 Å². The maximum Gasteiger partial charge on any atom is 0.182 e. The van der Waals surface area contributed by atoms with E-state index in [0.717, 1.165) is 0 Å². The molecular weight excluding hydrogens is 279 g/mol. The maximum atomic E-state index is 9.31. The van der Waals surface area contributed by atoms with E-state index in [2.05, 4.69) is 12.6 Å². The van der Waals surface area contributed by atoms with E-state index in [4.69, 9.17) is 0 Å². The summed E-state index contributed by atoms with van der Waals surface area (Å²) < 4.78 is 0. The van der Waals surface area contributed by atoms with Gasteiger partial charge in [0.1, 0.15) is 0 Å². The average Bonchev–Trinajstić information content (AvgIpc) is 0.811. The van der Waals surface area contributed by atoms with E-state index in [-0.39, 0.29) is 32.4 Å². The van der Waals surface area contributed by atoms with Crippen LogP contribution in [0.2, 0.25) is 0 Å². The molecular formula is C2H4OPbS. The molecule has 0 saturated carbocycles. The van der Waals surface area contributed by atoms with Gasteiger partial charge in [-0.05, 0) is 0 Å². The van der Waals surface area contributed by atoms with E-state index in [1.54, 1.807) is 0 Å². The monoisotopic (exact) mass is 284 g/mol. The van der Waals surface area contributed by atoms with Gasteiger partial charge >= 0.3 is 0 Å². The zero-order valence-corrected chi connectivity index (χ0v) is 7.64. The van der Waals surface area contributed by atoms with Gasteiger partial charge < -0.3 is 0 Å². The molecule has 0 aliphatic carbocycles. The first-order valence-electron chi connectivity index (χ1n) is 0.928. The molecule has 0 aromatic carbocycles. The Bertz CT molecular complexity index is 32.6. The van der Waals surface area contributed by atoms with E-state index in [0.29, 0.717) is 0 Å². The first-order chi connectivity index (χ1) is 1.73. The van der Waals surface area contributed by atoms with Crippen LogP contribution >= 0.6 is 12.6 Å². The van der Waals surface area contributed by atoms with Crippen LogP contribution in [-0.4, -0.2) is 32.4 Å². The number of hydrogen-bond acceptors (Lipinski definition) is 1. The molecule has 0 fully saturated rings. The minimum Gasteiger partial charge on any atom is -0.288 e. The van der Waals surface area contributed by atoms with Gasteiger partial charge in [-0.2, -0.15) is 0 Å². The van der Waals surface area contributed by atoms with Crippen molar-refractivity contribution in [3.63, 3.8) is 0 Å². The van der Waals surface area contributed by atoms with Crippen molar-refractivity contribution in [3.05, 3.63) is 0 Å². The topological polar surface area (TPSA) is 17.1 Å². The van der Waals surface area contributed by atoms with Crippen LogP contribution in [0, 0.1) is 0 Å². The molecule has 5 heavy (non-hydrogen) atoms. The van der Waals surface area contributed by atoms with Crippen molar-refractivity contribution in [2.45, 2.75) is 6.92 Å². The number of hydrogen-bond donors (Lipinski definition) is 1. The molecule has 0 atom stereocenters. The van der Waals surface area contributed by atoms with Crippen molar-refractivity contribution in [3.8, 4) is 0 Å². The molecule has 0 unspecified atom stereocenters. The van der Waals surface area contributed by atoms with Crippen LogP contribution in [0.15, 0.2) is 0 Å². The molecule has 0 rings (SSSR count). The molecule has 4 radical (unpaired) electrons. The van der Waals surface area contributed by atoms with Gasteiger partial charge in [-0.1, -0.05) is 0 Å². The SMILES string of the molecule is CC(=O)S.[Pb]. The zero-order valence-electron chi connectivity index (χ0n) is 2.86. The average molecular weight is 283 g/mol. The Morgan fingerprint density at radius 1 is 1.80 bits per heavy atom. The molecule has 0 heterocycles. The van der Waals surface area contributed by atoms with Crippen LogP contribution in [0.25, 0.3) is 0 Å². The van der Waals surface area contributed by atoms with Gasteiger partial charge in [0.25, 0.3) is 0 Å². The summed E-state index contributed by atoms with van der Waals surface area (Å²) in [6.07, 6.45) is 0. The van der Waals surface area contributed by atoms with Crippen LogP contribution in [0.5, 0.6) is 0 Å². The predicted octanol–water partition coefficient (Wildman–Crippen LogP) is 0.0819. The Morgan fingerprint density at radius 3 is 1.80 bits per heavy atom. The van der Waals surface area contributed by atoms with Crippen molar-refractivity contribution < 1.29 is 4.79 Å². The first-order valence-corrected chi connectivity index (χ1v) is 1.37. The van der Waals surface area contributed by atoms with Gasteiger partial charge in [-0.25, -0.2) is 0 Å². The zero-order chi connectivity index (χ0) is 3.58. The van der Waals surface area contributed by atoms with Crippen molar-refractivity contribution in [2.24, 2.45) is 0 Å². The summed E-state index contributed by atoms with van der Waals surface area (Å²) in [5.74, 6) is 0.